The summed E-state index contributed by atoms with van der Waals surface area (Å²) in [6, 6.07) is 4.22. The number of thiophene rings is 1. The van der Waals surface area contributed by atoms with Crippen molar-refractivity contribution in [3.8, 4) is 0 Å². The first-order valence-electron chi connectivity index (χ1n) is 5.37. The molecule has 0 radical (unpaired) electrons. The molecule has 2 aromatic heterocycles. The predicted molar refractivity (Wildman–Crippen MR) is 78.4 cm³/mol. The molecule has 0 amide bonds. The Bertz CT molecular complexity index is 504. The maximum absolute atomic E-state index is 6.11. The van der Waals surface area contributed by atoms with Crippen LogP contribution in [-0.2, 0) is 6.42 Å². The van der Waals surface area contributed by atoms with E-state index in [1.807, 2.05) is 17.4 Å². The Morgan fingerprint density at radius 1 is 1.47 bits per heavy atom. The number of aromatic nitrogens is 1. The van der Waals surface area contributed by atoms with Gasteiger partial charge in [0, 0.05) is 22.1 Å². The van der Waals surface area contributed by atoms with Gasteiger partial charge in [0.15, 0.2) is 0 Å². The summed E-state index contributed by atoms with van der Waals surface area (Å²) in [6.07, 6.45) is 4.37. The van der Waals surface area contributed by atoms with Gasteiger partial charge in [-0.2, -0.15) is 0 Å². The zero-order valence-corrected chi connectivity index (χ0v) is 12.9. The lowest BCUT2D eigenvalue weighted by Crippen LogP contribution is -1.94. The quantitative estimate of drug-likeness (QED) is 0.714. The van der Waals surface area contributed by atoms with E-state index in [1.165, 1.54) is 15.3 Å². The highest BCUT2D eigenvalue weighted by Gasteiger charge is 2.13. The first kappa shape index (κ1) is 13.1. The van der Waals surface area contributed by atoms with Gasteiger partial charge in [-0.1, -0.05) is 27.5 Å². The molecule has 0 aromatic carbocycles. The van der Waals surface area contributed by atoms with Crippen molar-refractivity contribution in [3.63, 3.8) is 0 Å². The molecule has 0 bridgehead atoms. The third-order valence-corrected chi connectivity index (χ3v) is 5.48. The minimum absolute atomic E-state index is 0.319. The summed E-state index contributed by atoms with van der Waals surface area (Å²) in [4.78, 5) is 7.05. The minimum atomic E-state index is 0.319. The number of alkyl halides is 1. The Morgan fingerprint density at radius 2 is 2.24 bits per heavy atom. The molecule has 0 N–H and O–H groups in total. The van der Waals surface area contributed by atoms with Gasteiger partial charge in [-0.05, 0) is 43.5 Å². The third-order valence-electron chi connectivity index (χ3n) is 2.75. The Morgan fingerprint density at radius 3 is 2.82 bits per heavy atom. The average Bonchev–Trinajstić information content (AvgIpc) is 2.63. The smallest absolute Gasteiger partial charge is 0.0621 e. The molecule has 17 heavy (non-hydrogen) atoms. The zero-order chi connectivity index (χ0) is 12.4. The summed E-state index contributed by atoms with van der Waals surface area (Å²) in [7, 11) is 0. The second-order valence-electron chi connectivity index (χ2n) is 4.03. The van der Waals surface area contributed by atoms with Crippen molar-refractivity contribution < 1.29 is 0 Å². The van der Waals surface area contributed by atoms with Gasteiger partial charge in [0.25, 0.3) is 0 Å². The normalized spacial score (nSPS) is 12.7. The fraction of sp³-hybridized carbons (Fsp3) is 0.308. The summed E-state index contributed by atoms with van der Waals surface area (Å²) in [5.41, 5.74) is 2.49. The second kappa shape index (κ2) is 5.51. The molecule has 90 valence electrons. The summed E-state index contributed by atoms with van der Waals surface area (Å²) >= 11 is 11.7. The zero-order valence-electron chi connectivity index (χ0n) is 9.71. The number of nitrogens with zero attached hydrogens (tertiary/aromatic N) is 1. The molecule has 0 saturated carbocycles. The maximum Gasteiger partial charge on any atom is 0.0621 e. The van der Waals surface area contributed by atoms with E-state index in [0.29, 0.717) is 4.83 Å². The van der Waals surface area contributed by atoms with Gasteiger partial charge in [-0.25, -0.2) is 0 Å². The molecule has 0 aliphatic carbocycles. The second-order valence-corrected chi connectivity index (χ2v) is 6.83. The van der Waals surface area contributed by atoms with Crippen LogP contribution in [0.3, 0.4) is 0 Å². The van der Waals surface area contributed by atoms with Crippen molar-refractivity contribution in [1.82, 2.24) is 4.98 Å². The highest BCUT2D eigenvalue weighted by molar-refractivity contribution is 9.09. The van der Waals surface area contributed by atoms with Gasteiger partial charge < -0.3 is 0 Å². The molecule has 1 nitrogen and oxygen atoms in total. The van der Waals surface area contributed by atoms with E-state index in [9.17, 15) is 0 Å². The Hall–Kier alpha value is -0.380. The molecule has 0 aliphatic heterocycles. The van der Waals surface area contributed by atoms with Crippen molar-refractivity contribution in [2.45, 2.75) is 25.1 Å². The fourth-order valence-corrected chi connectivity index (χ4v) is 3.60. The highest BCUT2D eigenvalue weighted by atomic mass is 79.9. The van der Waals surface area contributed by atoms with Crippen LogP contribution in [0.4, 0.5) is 0 Å². The molecule has 0 aliphatic rings. The van der Waals surface area contributed by atoms with E-state index in [4.69, 9.17) is 11.6 Å². The molecule has 2 aromatic rings. The van der Waals surface area contributed by atoms with Crippen molar-refractivity contribution in [2.75, 3.05) is 0 Å². The lowest BCUT2D eigenvalue weighted by atomic mass is 10.1. The Balaban J connectivity index is 2.17. The monoisotopic (exact) mass is 329 g/mol. The molecule has 2 rings (SSSR count). The van der Waals surface area contributed by atoms with Crippen LogP contribution in [0.25, 0.3) is 0 Å². The van der Waals surface area contributed by atoms with Crippen LogP contribution in [0.5, 0.6) is 0 Å². The fourth-order valence-electron chi connectivity index (χ4n) is 1.62. The van der Waals surface area contributed by atoms with Gasteiger partial charge in [-0.3, -0.25) is 4.98 Å². The first-order valence-corrected chi connectivity index (χ1v) is 7.48. The molecule has 0 fully saturated rings. The van der Waals surface area contributed by atoms with Gasteiger partial charge in [-0.15, -0.1) is 11.3 Å². The summed E-state index contributed by atoms with van der Waals surface area (Å²) in [6.45, 7) is 4.30. The van der Waals surface area contributed by atoms with Crippen molar-refractivity contribution in [2.24, 2.45) is 0 Å². The van der Waals surface area contributed by atoms with E-state index in [1.54, 1.807) is 12.4 Å². The molecule has 0 saturated heterocycles. The minimum Gasteiger partial charge on any atom is -0.263 e. The summed E-state index contributed by atoms with van der Waals surface area (Å²) in [5.74, 6) is 0. The number of hydrogen-bond acceptors (Lipinski definition) is 2. The van der Waals surface area contributed by atoms with Crippen molar-refractivity contribution >= 4 is 38.9 Å². The lowest BCUT2D eigenvalue weighted by Gasteiger charge is -2.08. The van der Waals surface area contributed by atoms with Crippen LogP contribution < -0.4 is 0 Å². The lowest BCUT2D eigenvalue weighted by molar-refractivity contribution is 0.963. The number of hydrogen-bond donors (Lipinski definition) is 0. The topological polar surface area (TPSA) is 12.9 Å². The maximum atomic E-state index is 6.11. The van der Waals surface area contributed by atoms with Crippen LogP contribution in [0.15, 0.2) is 24.5 Å². The van der Waals surface area contributed by atoms with Gasteiger partial charge in [0.1, 0.15) is 0 Å². The SMILES string of the molecule is Cc1cc(C(Br)Cc2ccncc2Cl)sc1C. The Kier molecular flexibility index (Phi) is 4.23. The van der Waals surface area contributed by atoms with Crippen LogP contribution in [0.2, 0.25) is 5.02 Å². The van der Waals surface area contributed by atoms with E-state index < -0.39 is 0 Å². The standard InChI is InChI=1S/C13H13BrClNS/c1-8-5-13(17-9(8)2)11(14)6-10-3-4-16-7-12(10)15/h3-5,7,11H,6H2,1-2H3. The van der Waals surface area contributed by atoms with Crippen molar-refractivity contribution in [1.29, 1.82) is 0 Å². The molecule has 0 spiro atoms. The van der Waals surface area contributed by atoms with Gasteiger partial charge in [0.05, 0.1) is 9.85 Å². The number of pyridine rings is 1. The number of halogens is 2. The summed E-state index contributed by atoms with van der Waals surface area (Å²) in [5, 5.41) is 0.738. The largest absolute Gasteiger partial charge is 0.263 e. The van der Waals surface area contributed by atoms with Crippen LogP contribution >= 0.6 is 38.9 Å². The molecule has 4 heteroatoms. The van der Waals surface area contributed by atoms with E-state index in [2.05, 4.69) is 40.8 Å². The predicted octanol–water partition coefficient (Wildman–Crippen LogP) is 5.09. The molecule has 1 atom stereocenters. The van der Waals surface area contributed by atoms with Crippen LogP contribution in [0, 0.1) is 13.8 Å². The van der Waals surface area contributed by atoms with Crippen LogP contribution in [0.1, 0.15) is 25.7 Å². The van der Waals surface area contributed by atoms with E-state index >= 15 is 0 Å². The average molecular weight is 331 g/mol. The molecule has 2 heterocycles. The third kappa shape index (κ3) is 3.09. The first-order chi connectivity index (χ1) is 8.08. The number of rotatable bonds is 3. The van der Waals surface area contributed by atoms with Gasteiger partial charge in [0.2, 0.25) is 0 Å². The summed E-state index contributed by atoms with van der Waals surface area (Å²) < 4.78 is 0. The van der Waals surface area contributed by atoms with E-state index in [-0.39, 0.29) is 0 Å². The molecule has 1 unspecified atom stereocenters. The van der Waals surface area contributed by atoms with Gasteiger partial charge >= 0.3 is 0 Å². The molecular weight excluding hydrogens is 318 g/mol. The highest BCUT2D eigenvalue weighted by Crippen LogP contribution is 2.35. The van der Waals surface area contributed by atoms with E-state index in [0.717, 1.165) is 17.0 Å². The van der Waals surface area contributed by atoms with Crippen LogP contribution in [-0.4, -0.2) is 4.98 Å². The Labute approximate surface area is 119 Å². The number of aryl methyl sites for hydroxylation is 2. The van der Waals surface area contributed by atoms with Crippen molar-refractivity contribution in [3.05, 3.63) is 50.4 Å². The molecular formula is C13H13BrClNS.